The lowest BCUT2D eigenvalue weighted by molar-refractivity contribution is 1.19. The summed E-state index contributed by atoms with van der Waals surface area (Å²) in [4.78, 5) is 13.9. The molecule has 0 saturated carbocycles. The lowest BCUT2D eigenvalue weighted by Crippen LogP contribution is -1.98. The first-order chi connectivity index (χ1) is 22.7. The Labute approximate surface area is 267 Å². The van der Waals surface area contributed by atoms with Crippen LogP contribution in [0.15, 0.2) is 164 Å². The van der Waals surface area contributed by atoms with Crippen molar-refractivity contribution in [2.24, 2.45) is 0 Å². The van der Waals surface area contributed by atoms with Crippen LogP contribution >= 0.6 is 0 Å². The van der Waals surface area contributed by atoms with Gasteiger partial charge in [0, 0.05) is 16.7 Å². The van der Waals surface area contributed by atoms with Gasteiger partial charge in [0.15, 0.2) is 11.5 Å². The SMILES string of the molecule is [C-]#[N+]c1ccc(-c2ccc3cc(-c4cc(-c5c(-c6ccccc6)ccc6ccccc56)nc(-c5ccccc5)n4)ccc3c2)cc1. The van der Waals surface area contributed by atoms with Gasteiger partial charge in [0.2, 0.25) is 0 Å². The monoisotopic (exact) mass is 585 g/mol. The highest BCUT2D eigenvalue weighted by atomic mass is 14.9. The molecule has 1 heterocycles. The summed E-state index contributed by atoms with van der Waals surface area (Å²) in [7, 11) is 0. The van der Waals surface area contributed by atoms with Gasteiger partial charge in [-0.05, 0) is 62.0 Å². The van der Waals surface area contributed by atoms with Crippen LogP contribution in [0.1, 0.15) is 0 Å². The predicted octanol–water partition coefficient (Wildman–Crippen LogP) is 11.7. The molecule has 0 N–H and O–H groups in total. The van der Waals surface area contributed by atoms with Gasteiger partial charge in [0.05, 0.1) is 18.0 Å². The molecular formula is C43H27N3. The maximum atomic E-state index is 7.24. The van der Waals surface area contributed by atoms with Crippen molar-refractivity contribution in [1.29, 1.82) is 0 Å². The summed E-state index contributed by atoms with van der Waals surface area (Å²) in [6.07, 6.45) is 0. The predicted molar refractivity (Wildman–Crippen MR) is 190 cm³/mol. The van der Waals surface area contributed by atoms with Crippen LogP contribution in [0.4, 0.5) is 5.69 Å². The van der Waals surface area contributed by atoms with Gasteiger partial charge in [0.25, 0.3) is 0 Å². The summed E-state index contributed by atoms with van der Waals surface area (Å²) < 4.78 is 0. The van der Waals surface area contributed by atoms with Crippen molar-refractivity contribution < 1.29 is 0 Å². The number of hydrogen-bond donors (Lipinski definition) is 0. The summed E-state index contributed by atoms with van der Waals surface area (Å²) in [5.74, 6) is 0.693. The minimum Gasteiger partial charge on any atom is -0.238 e. The van der Waals surface area contributed by atoms with Crippen LogP contribution in [-0.2, 0) is 0 Å². The second kappa shape index (κ2) is 11.6. The van der Waals surface area contributed by atoms with Crippen LogP contribution in [0.25, 0.3) is 82.5 Å². The topological polar surface area (TPSA) is 30.1 Å². The van der Waals surface area contributed by atoms with E-state index in [2.05, 4.69) is 126 Å². The van der Waals surface area contributed by atoms with Crippen molar-refractivity contribution in [3.8, 4) is 56.2 Å². The Morgan fingerprint density at radius 1 is 0.413 bits per heavy atom. The van der Waals surface area contributed by atoms with Gasteiger partial charge in [-0.3, -0.25) is 0 Å². The molecule has 0 aliphatic carbocycles. The molecule has 3 heteroatoms. The Balaban J connectivity index is 1.31. The van der Waals surface area contributed by atoms with Crippen LogP contribution in [-0.4, -0.2) is 9.97 Å². The fourth-order valence-electron chi connectivity index (χ4n) is 6.16. The maximum absolute atomic E-state index is 7.24. The van der Waals surface area contributed by atoms with Crippen molar-refractivity contribution in [2.75, 3.05) is 0 Å². The fraction of sp³-hybridized carbons (Fsp3) is 0. The van der Waals surface area contributed by atoms with E-state index in [0.29, 0.717) is 11.5 Å². The normalized spacial score (nSPS) is 11.0. The van der Waals surface area contributed by atoms with E-state index in [9.17, 15) is 0 Å². The highest BCUT2D eigenvalue weighted by molar-refractivity contribution is 6.04. The van der Waals surface area contributed by atoms with Gasteiger partial charge in [-0.2, -0.15) is 0 Å². The van der Waals surface area contributed by atoms with E-state index >= 15 is 0 Å². The van der Waals surface area contributed by atoms with E-state index in [4.69, 9.17) is 16.5 Å². The fourth-order valence-corrected chi connectivity index (χ4v) is 6.16. The summed E-state index contributed by atoms with van der Waals surface area (Å²) in [6.45, 7) is 7.24. The minimum absolute atomic E-state index is 0.646. The van der Waals surface area contributed by atoms with Crippen molar-refractivity contribution in [2.45, 2.75) is 0 Å². The molecule has 3 nitrogen and oxygen atoms in total. The molecule has 8 aromatic rings. The second-order valence-electron chi connectivity index (χ2n) is 11.3. The molecule has 0 spiro atoms. The lowest BCUT2D eigenvalue weighted by Gasteiger charge is -2.16. The highest BCUT2D eigenvalue weighted by Gasteiger charge is 2.17. The number of aromatic nitrogens is 2. The second-order valence-corrected chi connectivity index (χ2v) is 11.3. The molecule has 0 bridgehead atoms. The van der Waals surface area contributed by atoms with Crippen LogP contribution in [0.3, 0.4) is 0 Å². The van der Waals surface area contributed by atoms with E-state index in [1.807, 2.05) is 42.5 Å². The quantitative estimate of drug-likeness (QED) is 0.188. The Kier molecular flexibility index (Phi) is 6.87. The Morgan fingerprint density at radius 2 is 1.00 bits per heavy atom. The molecule has 0 saturated heterocycles. The minimum atomic E-state index is 0.646. The number of hydrogen-bond acceptors (Lipinski definition) is 2. The first-order valence-electron chi connectivity index (χ1n) is 15.3. The van der Waals surface area contributed by atoms with Crippen LogP contribution in [0.2, 0.25) is 0 Å². The number of nitrogens with zero attached hydrogens (tertiary/aromatic N) is 3. The largest absolute Gasteiger partial charge is 0.238 e. The Bertz CT molecular complexity index is 2410. The van der Waals surface area contributed by atoms with Crippen molar-refractivity contribution >= 4 is 27.2 Å². The number of fused-ring (bicyclic) bond motifs is 2. The molecule has 0 amide bonds. The lowest BCUT2D eigenvalue weighted by atomic mass is 9.91. The zero-order chi connectivity index (χ0) is 30.9. The number of benzene rings is 7. The zero-order valence-electron chi connectivity index (χ0n) is 24.9. The Morgan fingerprint density at radius 3 is 1.74 bits per heavy atom. The molecule has 8 rings (SSSR count). The standard InChI is InChI=1S/C43H27N3/c1-44-37-23-20-29(21-24-37)33-16-17-35-27-36(19-18-34(35)26-33)40-28-41(46-43(45-40)32-13-6-3-7-14-32)42-38-15-9-8-12-31(38)22-25-39(42)30-10-4-2-5-11-30/h2-28H. The van der Waals surface area contributed by atoms with Gasteiger partial charge in [0.1, 0.15) is 0 Å². The molecule has 0 atom stereocenters. The van der Waals surface area contributed by atoms with E-state index < -0.39 is 0 Å². The van der Waals surface area contributed by atoms with E-state index in [1.54, 1.807) is 0 Å². The summed E-state index contributed by atoms with van der Waals surface area (Å²) in [5, 5.41) is 4.61. The third-order valence-corrected chi connectivity index (χ3v) is 8.49. The maximum Gasteiger partial charge on any atom is 0.187 e. The molecule has 0 aliphatic rings. The molecule has 1 aromatic heterocycles. The molecular weight excluding hydrogens is 558 g/mol. The average Bonchev–Trinajstić information content (AvgIpc) is 3.14. The van der Waals surface area contributed by atoms with Gasteiger partial charge >= 0.3 is 0 Å². The van der Waals surface area contributed by atoms with E-state index in [1.165, 1.54) is 5.39 Å². The smallest absolute Gasteiger partial charge is 0.187 e. The van der Waals surface area contributed by atoms with Crippen molar-refractivity contribution in [1.82, 2.24) is 9.97 Å². The summed E-state index contributed by atoms with van der Waals surface area (Å²) in [5.41, 5.74) is 10.0. The van der Waals surface area contributed by atoms with Gasteiger partial charge in [-0.1, -0.05) is 146 Å². The summed E-state index contributed by atoms with van der Waals surface area (Å²) >= 11 is 0. The molecule has 46 heavy (non-hydrogen) atoms. The first kappa shape index (κ1) is 27.2. The molecule has 0 fully saturated rings. The highest BCUT2D eigenvalue weighted by Crippen LogP contribution is 2.39. The van der Waals surface area contributed by atoms with Gasteiger partial charge in [-0.25, -0.2) is 14.8 Å². The Hall–Kier alpha value is -6.37. The summed E-state index contributed by atoms with van der Waals surface area (Å²) in [6, 6.07) is 56.6. The molecule has 0 radical (unpaired) electrons. The van der Waals surface area contributed by atoms with Crippen LogP contribution in [0.5, 0.6) is 0 Å². The molecule has 0 unspecified atom stereocenters. The van der Waals surface area contributed by atoms with Crippen molar-refractivity contribution in [3.05, 3.63) is 175 Å². The van der Waals surface area contributed by atoms with Crippen LogP contribution < -0.4 is 0 Å². The zero-order valence-corrected chi connectivity index (χ0v) is 24.9. The van der Waals surface area contributed by atoms with E-state index in [-0.39, 0.29) is 0 Å². The van der Waals surface area contributed by atoms with Crippen LogP contribution in [0, 0.1) is 6.57 Å². The van der Waals surface area contributed by atoms with Gasteiger partial charge < -0.3 is 0 Å². The third-order valence-electron chi connectivity index (χ3n) is 8.49. The first-order valence-corrected chi connectivity index (χ1v) is 15.3. The average molecular weight is 586 g/mol. The van der Waals surface area contributed by atoms with E-state index in [0.717, 1.165) is 66.5 Å². The molecule has 214 valence electrons. The molecule has 0 aliphatic heterocycles. The van der Waals surface area contributed by atoms with Crippen molar-refractivity contribution in [3.63, 3.8) is 0 Å². The third kappa shape index (κ3) is 5.09. The number of rotatable bonds is 5. The molecule has 7 aromatic carbocycles. The van der Waals surface area contributed by atoms with Gasteiger partial charge in [-0.15, -0.1) is 0 Å².